The van der Waals surface area contributed by atoms with Gasteiger partial charge in [0.1, 0.15) is 10.9 Å². The van der Waals surface area contributed by atoms with Crippen molar-refractivity contribution in [3.63, 3.8) is 0 Å². The number of carboxylic acid groups (broad SMARTS) is 1. The van der Waals surface area contributed by atoms with Crippen molar-refractivity contribution >= 4 is 52.2 Å². The topological polar surface area (TPSA) is 89.5 Å². The van der Waals surface area contributed by atoms with Crippen molar-refractivity contribution in [1.29, 1.82) is 0 Å². The van der Waals surface area contributed by atoms with E-state index in [1.54, 1.807) is 6.08 Å². The molecule has 1 aliphatic rings. The molecule has 1 aromatic carbocycles. The minimum Gasteiger partial charge on any atom is -0.548 e. The number of thiocarbonyl (C=S) groups is 1. The van der Waals surface area contributed by atoms with Crippen LogP contribution in [0.3, 0.4) is 0 Å². The lowest BCUT2D eigenvalue weighted by atomic mass is 10.0. The molecule has 1 aromatic rings. The third-order valence-corrected chi connectivity index (χ3v) is 5.26. The van der Waals surface area contributed by atoms with E-state index in [2.05, 4.69) is 5.32 Å². The lowest BCUT2D eigenvalue weighted by Gasteiger charge is -2.23. The van der Waals surface area contributed by atoms with Crippen LogP contribution in [0.15, 0.2) is 29.2 Å². The molecule has 0 bridgehead atoms. The van der Waals surface area contributed by atoms with Gasteiger partial charge in [-0.3, -0.25) is 14.5 Å². The Labute approximate surface area is 168 Å². The van der Waals surface area contributed by atoms with Crippen molar-refractivity contribution in [3.05, 3.63) is 40.3 Å². The predicted molar refractivity (Wildman–Crippen MR) is 107 cm³/mol. The van der Waals surface area contributed by atoms with Crippen molar-refractivity contribution < 1.29 is 19.5 Å². The monoisotopic (exact) mass is 405 g/mol. The van der Waals surface area contributed by atoms with E-state index in [0.717, 1.165) is 22.9 Å². The van der Waals surface area contributed by atoms with Crippen molar-refractivity contribution in [2.24, 2.45) is 5.92 Å². The van der Waals surface area contributed by atoms with E-state index in [9.17, 15) is 19.5 Å². The summed E-state index contributed by atoms with van der Waals surface area (Å²) in [6.07, 6.45) is 1.97. The highest BCUT2D eigenvalue weighted by Gasteiger charge is 2.33. The van der Waals surface area contributed by atoms with Crippen LogP contribution in [-0.2, 0) is 14.4 Å². The van der Waals surface area contributed by atoms with Gasteiger partial charge in [0.05, 0.1) is 16.9 Å². The number of rotatable bonds is 7. The number of carbonyl (C=O) groups is 3. The molecule has 6 nitrogen and oxygen atoms in total. The molecule has 1 saturated heterocycles. The molecule has 8 heteroatoms. The Kier molecular flexibility index (Phi) is 7.15. The maximum Gasteiger partial charge on any atom is 0.266 e. The number of amides is 2. The molecule has 2 rings (SSSR count). The summed E-state index contributed by atoms with van der Waals surface area (Å²) in [6, 6.07) is 6.57. The Balaban J connectivity index is 2.05. The highest BCUT2D eigenvalue weighted by molar-refractivity contribution is 8.26. The van der Waals surface area contributed by atoms with Crippen molar-refractivity contribution in [3.8, 4) is 0 Å². The first-order valence-corrected chi connectivity index (χ1v) is 9.72. The molecule has 0 aromatic heterocycles. The molecule has 144 valence electrons. The number of aryl methyl sites for hydroxylation is 1. The van der Waals surface area contributed by atoms with E-state index in [1.807, 2.05) is 45.0 Å². The summed E-state index contributed by atoms with van der Waals surface area (Å²) in [7, 11) is 0. The van der Waals surface area contributed by atoms with Crippen LogP contribution in [0.2, 0.25) is 0 Å². The van der Waals surface area contributed by atoms with Crippen molar-refractivity contribution in [1.82, 2.24) is 10.2 Å². The fraction of sp³-hybridized carbons (Fsp3) is 0.368. The number of aliphatic carboxylic acids is 1. The zero-order valence-electron chi connectivity index (χ0n) is 15.4. The molecule has 2 amide bonds. The second-order valence-corrected chi connectivity index (χ2v) is 8.42. The summed E-state index contributed by atoms with van der Waals surface area (Å²) < 4.78 is 0.266. The molecule has 1 fully saturated rings. The smallest absolute Gasteiger partial charge is 0.266 e. The summed E-state index contributed by atoms with van der Waals surface area (Å²) in [4.78, 5) is 37.5. The fourth-order valence-corrected chi connectivity index (χ4v) is 3.77. The lowest BCUT2D eigenvalue weighted by Crippen LogP contribution is -2.51. The quantitative estimate of drug-likeness (QED) is 0.546. The Morgan fingerprint density at radius 1 is 1.30 bits per heavy atom. The number of nitrogens with zero attached hydrogens (tertiary/aromatic N) is 1. The first-order valence-electron chi connectivity index (χ1n) is 8.49. The SMILES string of the molecule is Cc1ccc(/C=C2/SC(=S)N(CC(=O)N[C@@H](CC(C)C)C(=O)[O-])C2=O)cc1. The van der Waals surface area contributed by atoms with Gasteiger partial charge in [0, 0.05) is 0 Å². The highest BCUT2D eigenvalue weighted by Crippen LogP contribution is 2.32. The average Bonchev–Trinajstić information content (AvgIpc) is 2.83. The molecule has 1 N–H and O–H groups in total. The molecule has 0 aliphatic carbocycles. The van der Waals surface area contributed by atoms with Gasteiger partial charge >= 0.3 is 0 Å². The van der Waals surface area contributed by atoms with Gasteiger partial charge in [-0.2, -0.15) is 0 Å². The molecule has 0 unspecified atom stereocenters. The van der Waals surface area contributed by atoms with E-state index in [0.29, 0.717) is 4.91 Å². The first-order chi connectivity index (χ1) is 12.7. The zero-order valence-corrected chi connectivity index (χ0v) is 17.0. The number of carboxylic acids is 1. The van der Waals surface area contributed by atoms with Gasteiger partial charge in [0.25, 0.3) is 5.91 Å². The fourth-order valence-electron chi connectivity index (χ4n) is 2.52. The van der Waals surface area contributed by atoms with Crippen LogP contribution in [0.1, 0.15) is 31.4 Å². The van der Waals surface area contributed by atoms with Crippen molar-refractivity contribution in [2.45, 2.75) is 33.2 Å². The summed E-state index contributed by atoms with van der Waals surface area (Å²) in [5.74, 6) is -2.23. The number of hydrogen-bond donors (Lipinski definition) is 1. The van der Waals surface area contributed by atoms with E-state index >= 15 is 0 Å². The van der Waals surface area contributed by atoms with Crippen LogP contribution >= 0.6 is 24.0 Å². The summed E-state index contributed by atoms with van der Waals surface area (Å²) in [6.45, 7) is 5.35. The van der Waals surface area contributed by atoms with Gasteiger partial charge in [0.2, 0.25) is 5.91 Å². The number of carbonyl (C=O) groups excluding carboxylic acids is 3. The molecule has 0 saturated carbocycles. The Morgan fingerprint density at radius 2 is 1.93 bits per heavy atom. The van der Waals surface area contributed by atoms with Gasteiger partial charge in [-0.05, 0) is 30.9 Å². The number of benzene rings is 1. The number of thioether (sulfide) groups is 1. The van der Waals surface area contributed by atoms with Gasteiger partial charge in [-0.25, -0.2) is 0 Å². The van der Waals surface area contributed by atoms with Gasteiger partial charge in [-0.15, -0.1) is 0 Å². The normalized spacial score (nSPS) is 16.9. The molecule has 1 heterocycles. The summed E-state index contributed by atoms with van der Waals surface area (Å²) in [5.41, 5.74) is 1.97. The molecule has 1 aliphatic heterocycles. The van der Waals surface area contributed by atoms with E-state index in [1.165, 1.54) is 4.90 Å². The maximum atomic E-state index is 12.6. The largest absolute Gasteiger partial charge is 0.548 e. The molecule has 0 radical (unpaired) electrons. The average molecular weight is 406 g/mol. The molecular weight excluding hydrogens is 384 g/mol. The van der Waals surface area contributed by atoms with Crippen LogP contribution in [0.4, 0.5) is 0 Å². The minimum atomic E-state index is -1.35. The standard InChI is InChI=1S/C19H22N2O4S2/c1-11(2)8-14(18(24)25)20-16(22)10-21-17(23)15(27-19(21)26)9-13-6-4-12(3)5-7-13/h4-7,9,11,14H,8,10H2,1-3H3,(H,20,22)(H,24,25)/p-1/b15-9+/t14-/m0/s1. The Morgan fingerprint density at radius 3 is 2.48 bits per heavy atom. The third kappa shape index (κ3) is 5.90. The van der Waals surface area contributed by atoms with Gasteiger partial charge < -0.3 is 15.2 Å². The van der Waals surface area contributed by atoms with Crippen molar-refractivity contribution in [2.75, 3.05) is 6.54 Å². The zero-order chi connectivity index (χ0) is 20.1. The molecular formula is C19H21N2O4S2-. The molecule has 1 atom stereocenters. The van der Waals surface area contributed by atoms with Crippen LogP contribution < -0.4 is 10.4 Å². The van der Waals surface area contributed by atoms with Gasteiger partial charge in [0.15, 0.2) is 0 Å². The third-order valence-electron chi connectivity index (χ3n) is 3.88. The molecule has 27 heavy (non-hydrogen) atoms. The Hall–Kier alpha value is -2.19. The van der Waals surface area contributed by atoms with Crippen LogP contribution in [0.5, 0.6) is 0 Å². The second kappa shape index (κ2) is 9.14. The number of hydrogen-bond acceptors (Lipinski definition) is 6. The first kappa shape index (κ1) is 21.1. The van der Waals surface area contributed by atoms with Crippen LogP contribution in [0, 0.1) is 12.8 Å². The maximum absolute atomic E-state index is 12.6. The highest BCUT2D eigenvalue weighted by atomic mass is 32.2. The van der Waals surface area contributed by atoms with Crippen LogP contribution in [-0.4, -0.2) is 39.6 Å². The van der Waals surface area contributed by atoms with Gasteiger partial charge in [-0.1, -0.05) is 67.7 Å². The van der Waals surface area contributed by atoms with E-state index in [4.69, 9.17) is 12.2 Å². The van der Waals surface area contributed by atoms with E-state index in [-0.39, 0.29) is 29.1 Å². The summed E-state index contributed by atoms with van der Waals surface area (Å²) >= 11 is 6.32. The summed E-state index contributed by atoms with van der Waals surface area (Å²) in [5, 5.41) is 13.6. The Bertz CT molecular complexity index is 787. The lowest BCUT2D eigenvalue weighted by molar-refractivity contribution is -0.308. The second-order valence-electron chi connectivity index (χ2n) is 6.75. The number of nitrogens with one attached hydrogen (secondary N) is 1. The minimum absolute atomic E-state index is 0.0716. The predicted octanol–water partition coefficient (Wildman–Crippen LogP) is 1.48. The molecule has 0 spiro atoms. The van der Waals surface area contributed by atoms with Crippen LogP contribution in [0.25, 0.3) is 6.08 Å². The van der Waals surface area contributed by atoms with E-state index < -0.39 is 17.9 Å².